The van der Waals surface area contributed by atoms with E-state index in [0.717, 1.165) is 17.6 Å². The number of nitrogens with zero attached hydrogens (tertiary/aromatic N) is 1. The number of hydrogen-bond acceptors (Lipinski definition) is 2. The van der Waals surface area contributed by atoms with E-state index in [1.807, 2.05) is 7.05 Å². The van der Waals surface area contributed by atoms with Crippen LogP contribution in [0, 0.1) is 6.92 Å². The van der Waals surface area contributed by atoms with Crippen LogP contribution in [0.15, 0.2) is 30.3 Å². The summed E-state index contributed by atoms with van der Waals surface area (Å²) in [6.07, 6.45) is 1.13. The fourth-order valence-electron chi connectivity index (χ4n) is 2.69. The van der Waals surface area contributed by atoms with Crippen LogP contribution in [0.25, 0.3) is 10.9 Å². The zero-order chi connectivity index (χ0) is 13.1. The molecule has 18 heavy (non-hydrogen) atoms. The Morgan fingerprint density at radius 2 is 2.00 bits per heavy atom. The molecule has 0 aliphatic heterocycles. The normalized spacial score (nSPS) is 14.7. The Bertz CT molecular complexity index is 534. The molecule has 0 aliphatic rings. The number of likely N-dealkylation sites (N-methyl/N-ethyl adjacent to an activating group) is 1. The first-order valence-electron chi connectivity index (χ1n) is 6.71. The SMILES string of the molecule is CCC(c1cc(C)nc2ccccc12)C(C)NC. The topological polar surface area (TPSA) is 24.9 Å². The van der Waals surface area contributed by atoms with Crippen LogP contribution in [0.5, 0.6) is 0 Å². The van der Waals surface area contributed by atoms with Gasteiger partial charge in [0.2, 0.25) is 0 Å². The maximum atomic E-state index is 4.62. The van der Waals surface area contributed by atoms with Crippen molar-refractivity contribution in [1.29, 1.82) is 0 Å². The fourth-order valence-corrected chi connectivity index (χ4v) is 2.69. The van der Waals surface area contributed by atoms with Crippen molar-refractivity contribution in [3.05, 3.63) is 41.6 Å². The Morgan fingerprint density at radius 1 is 1.28 bits per heavy atom. The lowest BCUT2D eigenvalue weighted by molar-refractivity contribution is 0.485. The molecule has 1 aromatic carbocycles. The number of nitrogens with one attached hydrogen (secondary N) is 1. The molecule has 1 N–H and O–H groups in total. The van der Waals surface area contributed by atoms with Crippen molar-refractivity contribution < 1.29 is 0 Å². The smallest absolute Gasteiger partial charge is 0.0708 e. The van der Waals surface area contributed by atoms with Crippen LogP contribution in [-0.2, 0) is 0 Å². The molecule has 0 spiro atoms. The summed E-state index contributed by atoms with van der Waals surface area (Å²) in [5.74, 6) is 0.529. The van der Waals surface area contributed by atoms with Crippen LogP contribution in [-0.4, -0.2) is 18.1 Å². The maximum Gasteiger partial charge on any atom is 0.0708 e. The maximum absolute atomic E-state index is 4.62. The first kappa shape index (κ1) is 13.0. The third-order valence-corrected chi connectivity index (χ3v) is 3.77. The van der Waals surface area contributed by atoms with Crippen LogP contribution >= 0.6 is 0 Å². The average Bonchev–Trinajstić information content (AvgIpc) is 2.39. The van der Waals surface area contributed by atoms with Crippen molar-refractivity contribution in [2.24, 2.45) is 0 Å². The minimum Gasteiger partial charge on any atom is -0.317 e. The first-order valence-corrected chi connectivity index (χ1v) is 6.71. The number of benzene rings is 1. The van der Waals surface area contributed by atoms with E-state index >= 15 is 0 Å². The second kappa shape index (κ2) is 5.49. The molecule has 0 aliphatic carbocycles. The highest BCUT2D eigenvalue weighted by Gasteiger charge is 2.18. The van der Waals surface area contributed by atoms with E-state index in [1.54, 1.807) is 0 Å². The summed E-state index contributed by atoms with van der Waals surface area (Å²) in [5.41, 5.74) is 3.63. The number of aryl methyl sites for hydroxylation is 1. The number of hydrogen-bond donors (Lipinski definition) is 1. The van der Waals surface area contributed by atoms with Crippen molar-refractivity contribution in [2.75, 3.05) is 7.05 Å². The number of para-hydroxylation sites is 1. The minimum atomic E-state index is 0.472. The third-order valence-electron chi connectivity index (χ3n) is 3.77. The summed E-state index contributed by atoms with van der Waals surface area (Å²) in [6.45, 7) is 6.58. The molecule has 1 heterocycles. The van der Waals surface area contributed by atoms with Crippen LogP contribution in [0.2, 0.25) is 0 Å². The van der Waals surface area contributed by atoms with Gasteiger partial charge in [0.15, 0.2) is 0 Å². The van der Waals surface area contributed by atoms with Gasteiger partial charge in [-0.1, -0.05) is 25.1 Å². The lowest BCUT2D eigenvalue weighted by Crippen LogP contribution is -2.28. The van der Waals surface area contributed by atoms with E-state index in [-0.39, 0.29) is 0 Å². The second-order valence-electron chi connectivity index (χ2n) is 4.96. The molecule has 0 saturated carbocycles. The highest BCUT2D eigenvalue weighted by Crippen LogP contribution is 2.30. The Morgan fingerprint density at radius 3 is 2.67 bits per heavy atom. The summed E-state index contributed by atoms with van der Waals surface area (Å²) >= 11 is 0. The molecule has 1 aromatic heterocycles. The van der Waals surface area contributed by atoms with Crippen molar-refractivity contribution >= 4 is 10.9 Å². The zero-order valence-corrected chi connectivity index (χ0v) is 11.7. The van der Waals surface area contributed by atoms with E-state index in [9.17, 15) is 0 Å². The zero-order valence-electron chi connectivity index (χ0n) is 11.7. The van der Waals surface area contributed by atoms with Crippen LogP contribution in [0.4, 0.5) is 0 Å². The molecule has 2 atom stereocenters. The molecule has 0 fully saturated rings. The molecule has 2 aromatic rings. The lowest BCUT2D eigenvalue weighted by atomic mass is 9.87. The summed E-state index contributed by atoms with van der Waals surface area (Å²) in [4.78, 5) is 4.62. The summed E-state index contributed by atoms with van der Waals surface area (Å²) < 4.78 is 0. The largest absolute Gasteiger partial charge is 0.317 e. The molecule has 2 unspecified atom stereocenters. The monoisotopic (exact) mass is 242 g/mol. The van der Waals surface area contributed by atoms with Gasteiger partial charge in [-0.15, -0.1) is 0 Å². The van der Waals surface area contributed by atoms with Gasteiger partial charge in [-0.05, 0) is 50.9 Å². The fraction of sp³-hybridized carbons (Fsp3) is 0.438. The third kappa shape index (κ3) is 2.39. The predicted molar refractivity (Wildman–Crippen MR) is 78.0 cm³/mol. The molecule has 2 rings (SSSR count). The highest BCUT2D eigenvalue weighted by atomic mass is 14.9. The first-order chi connectivity index (χ1) is 8.67. The van der Waals surface area contributed by atoms with Crippen molar-refractivity contribution in [3.63, 3.8) is 0 Å². The minimum absolute atomic E-state index is 0.472. The molecule has 2 heteroatoms. The second-order valence-corrected chi connectivity index (χ2v) is 4.96. The molecule has 0 bridgehead atoms. The van der Waals surface area contributed by atoms with Gasteiger partial charge in [0.05, 0.1) is 5.52 Å². The van der Waals surface area contributed by atoms with Crippen molar-refractivity contribution in [1.82, 2.24) is 10.3 Å². The van der Waals surface area contributed by atoms with Crippen molar-refractivity contribution in [2.45, 2.75) is 39.2 Å². The van der Waals surface area contributed by atoms with Gasteiger partial charge < -0.3 is 5.32 Å². The van der Waals surface area contributed by atoms with Gasteiger partial charge >= 0.3 is 0 Å². The average molecular weight is 242 g/mol. The Balaban J connectivity index is 2.61. The number of fused-ring (bicyclic) bond motifs is 1. The van der Waals surface area contributed by atoms with E-state index in [0.29, 0.717) is 12.0 Å². The number of pyridine rings is 1. The van der Waals surface area contributed by atoms with Gasteiger partial charge in [0, 0.05) is 17.1 Å². The van der Waals surface area contributed by atoms with Crippen LogP contribution in [0.3, 0.4) is 0 Å². The molecule has 0 saturated heterocycles. The number of aromatic nitrogens is 1. The van der Waals surface area contributed by atoms with Gasteiger partial charge in [-0.25, -0.2) is 0 Å². The van der Waals surface area contributed by atoms with E-state index in [4.69, 9.17) is 0 Å². The Hall–Kier alpha value is -1.41. The van der Waals surface area contributed by atoms with E-state index in [1.165, 1.54) is 10.9 Å². The molecule has 2 nitrogen and oxygen atoms in total. The molecular weight excluding hydrogens is 220 g/mol. The van der Waals surface area contributed by atoms with Gasteiger partial charge in [-0.3, -0.25) is 4.98 Å². The predicted octanol–water partition coefficient (Wildman–Crippen LogP) is 3.64. The van der Waals surface area contributed by atoms with Crippen LogP contribution < -0.4 is 5.32 Å². The molecular formula is C16H22N2. The molecule has 96 valence electrons. The Kier molecular flexibility index (Phi) is 3.97. The number of rotatable bonds is 4. The summed E-state index contributed by atoms with van der Waals surface area (Å²) in [7, 11) is 2.03. The lowest BCUT2D eigenvalue weighted by Gasteiger charge is -2.24. The van der Waals surface area contributed by atoms with Gasteiger partial charge in [0.1, 0.15) is 0 Å². The quantitative estimate of drug-likeness (QED) is 0.885. The summed E-state index contributed by atoms with van der Waals surface area (Å²) in [6, 6.07) is 11.1. The van der Waals surface area contributed by atoms with Gasteiger partial charge in [-0.2, -0.15) is 0 Å². The highest BCUT2D eigenvalue weighted by molar-refractivity contribution is 5.83. The van der Waals surface area contributed by atoms with Crippen molar-refractivity contribution in [3.8, 4) is 0 Å². The van der Waals surface area contributed by atoms with E-state index < -0.39 is 0 Å². The Labute approximate surface area is 109 Å². The van der Waals surface area contributed by atoms with Crippen LogP contribution in [0.1, 0.15) is 37.4 Å². The van der Waals surface area contributed by atoms with E-state index in [2.05, 4.69) is 61.4 Å². The molecule has 0 amide bonds. The molecule has 0 radical (unpaired) electrons. The van der Waals surface area contributed by atoms with Gasteiger partial charge in [0.25, 0.3) is 0 Å². The summed E-state index contributed by atoms with van der Waals surface area (Å²) in [5, 5.41) is 4.67. The standard InChI is InChI=1S/C16H22N2/c1-5-13(12(3)17-4)15-10-11(2)18-16-9-7-6-8-14(15)16/h6-10,12-13,17H,5H2,1-4H3.